The van der Waals surface area contributed by atoms with Crippen molar-refractivity contribution in [2.24, 2.45) is 5.92 Å². The van der Waals surface area contributed by atoms with E-state index in [4.69, 9.17) is 16.3 Å². The molecule has 8 heteroatoms. The maximum absolute atomic E-state index is 12.6. The van der Waals surface area contributed by atoms with Crippen LogP contribution in [0.25, 0.3) is 11.0 Å². The lowest BCUT2D eigenvalue weighted by Crippen LogP contribution is -2.38. The maximum atomic E-state index is 12.6. The molecular formula is C23H23ClN4O3. The summed E-state index contributed by atoms with van der Waals surface area (Å²) in [6, 6.07) is 12.5. The fourth-order valence-electron chi connectivity index (χ4n) is 3.78. The number of fused-ring (bicyclic) bond motifs is 1. The number of anilines is 1. The van der Waals surface area contributed by atoms with Crippen molar-refractivity contribution in [1.29, 1.82) is 0 Å². The maximum Gasteiger partial charge on any atom is 0.411 e. The van der Waals surface area contributed by atoms with E-state index in [0.29, 0.717) is 33.9 Å². The predicted octanol–water partition coefficient (Wildman–Crippen LogP) is 4.43. The normalized spacial score (nSPS) is 15.0. The lowest BCUT2D eigenvalue weighted by atomic mass is 9.89. The van der Waals surface area contributed by atoms with Gasteiger partial charge in [-0.3, -0.25) is 25.0 Å². The quantitative estimate of drug-likeness (QED) is 0.573. The van der Waals surface area contributed by atoms with Gasteiger partial charge in [-0.15, -0.1) is 0 Å². The molecule has 0 spiro atoms. The molecule has 160 valence electrons. The second-order valence-electron chi connectivity index (χ2n) is 7.48. The van der Waals surface area contributed by atoms with E-state index >= 15 is 0 Å². The van der Waals surface area contributed by atoms with Gasteiger partial charge in [-0.2, -0.15) is 0 Å². The highest BCUT2D eigenvalue weighted by Crippen LogP contribution is 2.23. The van der Waals surface area contributed by atoms with Crippen LogP contribution in [0.15, 0.2) is 54.9 Å². The lowest BCUT2D eigenvalue weighted by Gasteiger charge is -2.31. The van der Waals surface area contributed by atoms with E-state index in [-0.39, 0.29) is 18.3 Å². The molecule has 1 saturated heterocycles. The highest BCUT2D eigenvalue weighted by atomic mass is 35.5. The molecule has 0 atom stereocenters. The average molecular weight is 439 g/mol. The summed E-state index contributed by atoms with van der Waals surface area (Å²) in [6.07, 6.45) is 4.26. The Kier molecular flexibility index (Phi) is 6.74. The Labute approximate surface area is 185 Å². The number of nitrogens with zero attached hydrogens (tertiary/aromatic N) is 3. The summed E-state index contributed by atoms with van der Waals surface area (Å²) in [5.74, 6) is 0.194. The molecule has 1 N–H and O–H groups in total. The van der Waals surface area contributed by atoms with Gasteiger partial charge < -0.3 is 4.74 Å². The van der Waals surface area contributed by atoms with Crippen LogP contribution in [0.2, 0.25) is 5.02 Å². The van der Waals surface area contributed by atoms with Crippen LogP contribution in [-0.2, 0) is 4.74 Å². The monoisotopic (exact) mass is 438 g/mol. The molecule has 0 unspecified atom stereocenters. The summed E-state index contributed by atoms with van der Waals surface area (Å²) in [5.41, 5.74) is 2.60. The number of carbonyl (C=O) groups is 2. The van der Waals surface area contributed by atoms with Crippen LogP contribution in [0.5, 0.6) is 0 Å². The number of halogens is 1. The molecule has 3 aromatic rings. The second kappa shape index (κ2) is 9.85. The summed E-state index contributed by atoms with van der Waals surface area (Å²) in [4.78, 5) is 35.5. The number of benzene rings is 2. The Morgan fingerprint density at radius 3 is 2.58 bits per heavy atom. The number of hydrogen-bond donors (Lipinski definition) is 1. The molecule has 4 rings (SSSR count). The van der Waals surface area contributed by atoms with Crippen molar-refractivity contribution < 1.29 is 14.3 Å². The largest absolute Gasteiger partial charge is 0.448 e. The zero-order valence-corrected chi connectivity index (χ0v) is 17.7. The molecule has 0 saturated carbocycles. The van der Waals surface area contributed by atoms with E-state index in [9.17, 15) is 9.59 Å². The summed E-state index contributed by atoms with van der Waals surface area (Å²) in [6.45, 7) is 2.50. The van der Waals surface area contributed by atoms with Crippen LogP contribution < -0.4 is 5.32 Å². The average Bonchev–Trinajstić information content (AvgIpc) is 2.80. The van der Waals surface area contributed by atoms with Crippen molar-refractivity contribution in [1.82, 2.24) is 14.9 Å². The van der Waals surface area contributed by atoms with E-state index in [1.807, 2.05) is 12.1 Å². The number of para-hydroxylation sites is 1. The number of Topliss-reactive ketones (excluding diaryl/α,β-unsaturated/α-hetero) is 1. The number of likely N-dealkylation sites (tertiary alicyclic amines) is 1. The number of hydrogen-bond acceptors (Lipinski definition) is 6. The number of aromatic nitrogens is 2. The first kappa shape index (κ1) is 21.2. The molecule has 2 heterocycles. The van der Waals surface area contributed by atoms with Gasteiger partial charge in [0, 0.05) is 35.4 Å². The van der Waals surface area contributed by atoms with Gasteiger partial charge in [0.25, 0.3) is 0 Å². The van der Waals surface area contributed by atoms with Gasteiger partial charge in [0.2, 0.25) is 0 Å². The molecule has 0 aliphatic carbocycles. The van der Waals surface area contributed by atoms with Gasteiger partial charge in [-0.05, 0) is 62.3 Å². The SMILES string of the molecule is O=C(Nc1cccc2nccnc12)OCCN1CCC(C(=O)c2ccc(Cl)cc2)CC1. The first-order valence-corrected chi connectivity index (χ1v) is 10.6. The Morgan fingerprint density at radius 2 is 1.81 bits per heavy atom. The van der Waals surface area contributed by atoms with E-state index in [1.54, 1.807) is 42.7 Å². The molecule has 31 heavy (non-hydrogen) atoms. The van der Waals surface area contributed by atoms with Gasteiger partial charge in [0.15, 0.2) is 5.78 Å². The van der Waals surface area contributed by atoms with Crippen LogP contribution in [0.3, 0.4) is 0 Å². The van der Waals surface area contributed by atoms with Crippen LogP contribution in [0.1, 0.15) is 23.2 Å². The number of rotatable bonds is 6. The van der Waals surface area contributed by atoms with Crippen LogP contribution >= 0.6 is 11.6 Å². The minimum Gasteiger partial charge on any atom is -0.448 e. The van der Waals surface area contributed by atoms with Crippen LogP contribution in [0.4, 0.5) is 10.5 Å². The molecule has 1 fully saturated rings. The van der Waals surface area contributed by atoms with Crippen LogP contribution in [0, 0.1) is 5.92 Å². The molecule has 1 aromatic heterocycles. The topological polar surface area (TPSA) is 84.4 Å². The summed E-state index contributed by atoms with van der Waals surface area (Å²) in [7, 11) is 0. The van der Waals surface area contributed by atoms with Crippen molar-refractivity contribution in [2.75, 3.05) is 31.6 Å². The number of nitrogens with one attached hydrogen (secondary N) is 1. The van der Waals surface area contributed by atoms with Gasteiger partial charge in [-0.25, -0.2) is 4.79 Å². The molecule has 0 radical (unpaired) electrons. The van der Waals surface area contributed by atoms with E-state index in [2.05, 4.69) is 20.2 Å². The minimum absolute atomic E-state index is 0.0223. The molecule has 1 aliphatic heterocycles. The summed E-state index contributed by atoms with van der Waals surface area (Å²) < 4.78 is 5.33. The summed E-state index contributed by atoms with van der Waals surface area (Å²) in [5, 5.41) is 3.36. The Hall–Kier alpha value is -3.03. The van der Waals surface area contributed by atoms with Gasteiger partial charge in [0.1, 0.15) is 12.1 Å². The van der Waals surface area contributed by atoms with Crippen molar-refractivity contribution in [3.8, 4) is 0 Å². The van der Waals surface area contributed by atoms with E-state index in [1.165, 1.54) is 0 Å². The third-order valence-corrected chi connectivity index (χ3v) is 5.72. The van der Waals surface area contributed by atoms with Crippen molar-refractivity contribution in [3.63, 3.8) is 0 Å². The van der Waals surface area contributed by atoms with Crippen LogP contribution in [-0.4, -0.2) is 53.0 Å². The Morgan fingerprint density at radius 1 is 1.06 bits per heavy atom. The Balaban J connectivity index is 1.21. The van der Waals surface area contributed by atoms with Gasteiger partial charge in [0.05, 0.1) is 11.2 Å². The molecule has 1 aliphatic rings. The molecule has 7 nitrogen and oxygen atoms in total. The molecule has 2 aromatic carbocycles. The lowest BCUT2D eigenvalue weighted by molar-refractivity contribution is 0.0813. The number of piperidine rings is 1. The molecule has 0 bridgehead atoms. The van der Waals surface area contributed by atoms with Crippen molar-refractivity contribution in [3.05, 3.63) is 65.4 Å². The summed E-state index contributed by atoms with van der Waals surface area (Å²) >= 11 is 5.90. The smallest absolute Gasteiger partial charge is 0.411 e. The first-order chi connectivity index (χ1) is 15.1. The molecular weight excluding hydrogens is 416 g/mol. The fraction of sp³-hybridized carbons (Fsp3) is 0.304. The Bertz CT molecular complexity index is 1060. The second-order valence-corrected chi connectivity index (χ2v) is 7.91. The van der Waals surface area contributed by atoms with Crippen molar-refractivity contribution in [2.45, 2.75) is 12.8 Å². The highest BCUT2D eigenvalue weighted by Gasteiger charge is 2.25. The van der Waals surface area contributed by atoms with Crippen molar-refractivity contribution >= 4 is 40.2 Å². The number of ether oxygens (including phenoxy) is 1. The molecule has 1 amide bonds. The zero-order chi connectivity index (χ0) is 21.6. The predicted molar refractivity (Wildman–Crippen MR) is 119 cm³/mol. The zero-order valence-electron chi connectivity index (χ0n) is 17.0. The number of amides is 1. The highest BCUT2D eigenvalue weighted by molar-refractivity contribution is 6.30. The minimum atomic E-state index is -0.522. The number of carbonyl (C=O) groups excluding carboxylic acids is 2. The third kappa shape index (κ3) is 5.37. The third-order valence-electron chi connectivity index (χ3n) is 5.46. The van der Waals surface area contributed by atoms with E-state index < -0.39 is 6.09 Å². The van der Waals surface area contributed by atoms with Gasteiger partial charge in [-0.1, -0.05) is 17.7 Å². The fourth-order valence-corrected chi connectivity index (χ4v) is 3.90. The van der Waals surface area contributed by atoms with E-state index in [0.717, 1.165) is 25.9 Å². The standard InChI is InChI=1S/C23H23ClN4O3/c24-18-6-4-16(5-7-18)22(29)17-8-12-28(13-9-17)14-15-31-23(30)27-20-3-1-2-19-21(20)26-11-10-25-19/h1-7,10-11,17H,8-9,12-15H2,(H,27,30). The van der Waals surface area contributed by atoms with Gasteiger partial charge >= 0.3 is 6.09 Å². The number of ketones is 1. The first-order valence-electron chi connectivity index (χ1n) is 10.3.